The van der Waals surface area contributed by atoms with Gasteiger partial charge in [0, 0.05) is 23.4 Å². The molecule has 0 atom stereocenters. The van der Waals surface area contributed by atoms with Crippen LogP contribution in [-0.4, -0.2) is 26.3 Å². The van der Waals surface area contributed by atoms with Crippen molar-refractivity contribution in [3.8, 4) is 11.3 Å². The maximum absolute atomic E-state index is 12.2. The molecule has 2 heterocycles. The Hall–Kier alpha value is -3.73. The lowest BCUT2D eigenvalue weighted by atomic mass is 10.1. The Balaban J connectivity index is 1.42. The van der Waals surface area contributed by atoms with Crippen LogP contribution in [0.5, 0.6) is 0 Å². The molecule has 29 heavy (non-hydrogen) atoms. The first-order valence-corrected chi connectivity index (χ1v) is 9.74. The van der Waals surface area contributed by atoms with E-state index in [1.54, 1.807) is 6.20 Å². The number of carbonyl (C=O) groups excluding carboxylic acids is 1. The highest BCUT2D eigenvalue weighted by Crippen LogP contribution is 2.23. The van der Waals surface area contributed by atoms with Gasteiger partial charge in [-0.1, -0.05) is 48.5 Å². The number of rotatable bonds is 5. The molecule has 0 spiro atoms. The van der Waals surface area contributed by atoms with Crippen molar-refractivity contribution in [1.82, 2.24) is 19.7 Å². The molecule has 1 amide bonds. The monoisotopic (exact) mass is 380 g/mol. The summed E-state index contributed by atoms with van der Waals surface area (Å²) < 4.78 is 2.02. The fourth-order valence-electron chi connectivity index (χ4n) is 3.24. The summed E-state index contributed by atoms with van der Waals surface area (Å²) >= 11 is 0. The number of hydrogen-bond donors (Lipinski definition) is 1. The van der Waals surface area contributed by atoms with Crippen molar-refractivity contribution < 1.29 is 4.79 Å². The molecule has 5 rings (SSSR count). The van der Waals surface area contributed by atoms with Crippen LogP contribution in [0.2, 0.25) is 0 Å². The second-order valence-corrected chi connectivity index (χ2v) is 7.25. The minimum absolute atomic E-state index is 0.00488. The van der Waals surface area contributed by atoms with Crippen LogP contribution in [0.4, 0.5) is 0 Å². The Morgan fingerprint density at radius 3 is 2.52 bits per heavy atom. The second kappa shape index (κ2) is 7.36. The molecule has 1 aliphatic rings. The summed E-state index contributed by atoms with van der Waals surface area (Å²) in [6, 6.07) is 18.1. The van der Waals surface area contributed by atoms with Crippen LogP contribution in [0.15, 0.2) is 73.2 Å². The maximum Gasteiger partial charge on any atom is 0.251 e. The molecule has 5 nitrogen and oxygen atoms in total. The largest absolute Gasteiger partial charge is 0.349 e. The second-order valence-electron chi connectivity index (χ2n) is 7.25. The first-order valence-electron chi connectivity index (χ1n) is 9.74. The lowest BCUT2D eigenvalue weighted by Crippen LogP contribution is -2.25. The standard InChI is InChI=1S/C24H20N4O/c29-24(27-20-12-13-20)19-9-7-18(8-10-19)22-14-26-23-15-25-21(16-28(22)23)11-6-17-4-2-1-3-5-17/h1-11,14-16,20H,12-13H2,(H,27,29)/b11-6+. The molecule has 0 saturated heterocycles. The molecular formula is C24H20N4O. The van der Waals surface area contributed by atoms with E-state index in [9.17, 15) is 4.79 Å². The molecule has 1 aliphatic carbocycles. The van der Waals surface area contributed by atoms with Gasteiger partial charge in [-0.3, -0.25) is 14.2 Å². The van der Waals surface area contributed by atoms with Crippen LogP contribution < -0.4 is 5.32 Å². The molecule has 1 saturated carbocycles. The normalized spacial score (nSPS) is 13.8. The summed E-state index contributed by atoms with van der Waals surface area (Å²) in [6.45, 7) is 0. The molecule has 1 N–H and O–H groups in total. The highest BCUT2D eigenvalue weighted by Gasteiger charge is 2.23. The quantitative estimate of drug-likeness (QED) is 0.556. The average Bonchev–Trinajstić information content (AvgIpc) is 3.48. The first kappa shape index (κ1) is 17.4. The van der Waals surface area contributed by atoms with Gasteiger partial charge < -0.3 is 5.32 Å². The number of carbonyl (C=O) groups is 1. The Morgan fingerprint density at radius 2 is 1.76 bits per heavy atom. The third-order valence-corrected chi connectivity index (χ3v) is 5.02. The zero-order valence-electron chi connectivity index (χ0n) is 15.8. The Kier molecular flexibility index (Phi) is 4.41. The highest BCUT2D eigenvalue weighted by atomic mass is 16.1. The van der Waals surface area contributed by atoms with Gasteiger partial charge in [-0.15, -0.1) is 0 Å². The molecule has 0 aliphatic heterocycles. The molecule has 2 aromatic carbocycles. The van der Waals surface area contributed by atoms with Crippen LogP contribution in [0.1, 0.15) is 34.5 Å². The predicted molar refractivity (Wildman–Crippen MR) is 114 cm³/mol. The third kappa shape index (κ3) is 3.80. The van der Waals surface area contributed by atoms with E-state index in [2.05, 4.69) is 27.4 Å². The van der Waals surface area contributed by atoms with Crippen molar-refractivity contribution in [2.45, 2.75) is 18.9 Å². The highest BCUT2D eigenvalue weighted by molar-refractivity contribution is 5.95. The summed E-state index contributed by atoms with van der Waals surface area (Å²) in [6.07, 6.45) is 11.8. The van der Waals surface area contributed by atoms with E-state index in [4.69, 9.17) is 0 Å². The number of benzene rings is 2. The van der Waals surface area contributed by atoms with Crippen molar-refractivity contribution in [3.63, 3.8) is 0 Å². The van der Waals surface area contributed by atoms with Gasteiger partial charge in [-0.25, -0.2) is 4.98 Å². The van der Waals surface area contributed by atoms with Crippen LogP contribution in [0.3, 0.4) is 0 Å². The Morgan fingerprint density at radius 1 is 0.966 bits per heavy atom. The van der Waals surface area contributed by atoms with Gasteiger partial charge in [-0.05, 0) is 36.6 Å². The smallest absolute Gasteiger partial charge is 0.251 e. The van der Waals surface area contributed by atoms with E-state index in [-0.39, 0.29) is 5.91 Å². The molecule has 0 bridgehead atoms. The van der Waals surface area contributed by atoms with Crippen molar-refractivity contribution in [2.24, 2.45) is 0 Å². The van der Waals surface area contributed by atoms with E-state index in [0.29, 0.717) is 11.6 Å². The van der Waals surface area contributed by atoms with Crippen LogP contribution in [-0.2, 0) is 0 Å². The molecule has 0 radical (unpaired) electrons. The molecule has 0 unspecified atom stereocenters. The van der Waals surface area contributed by atoms with Crippen LogP contribution in [0, 0.1) is 0 Å². The molecule has 2 aromatic heterocycles. The maximum atomic E-state index is 12.2. The van der Waals surface area contributed by atoms with Gasteiger partial charge in [0.25, 0.3) is 5.91 Å². The molecule has 142 valence electrons. The number of nitrogens with one attached hydrogen (secondary N) is 1. The van der Waals surface area contributed by atoms with Gasteiger partial charge in [0.1, 0.15) is 0 Å². The predicted octanol–water partition coefficient (Wildman–Crippen LogP) is 4.46. The summed E-state index contributed by atoms with van der Waals surface area (Å²) in [5.41, 5.74) is 5.41. The third-order valence-electron chi connectivity index (χ3n) is 5.02. The Bertz CT molecular complexity index is 1190. The lowest BCUT2D eigenvalue weighted by molar-refractivity contribution is 0.0951. The number of nitrogens with zero attached hydrogens (tertiary/aromatic N) is 3. The average molecular weight is 380 g/mol. The fraction of sp³-hybridized carbons (Fsp3) is 0.125. The molecule has 5 heteroatoms. The molecule has 4 aromatic rings. The Labute approximate surface area is 168 Å². The lowest BCUT2D eigenvalue weighted by Gasteiger charge is -2.06. The van der Waals surface area contributed by atoms with Crippen molar-refractivity contribution in [3.05, 3.63) is 90.0 Å². The number of amides is 1. The van der Waals surface area contributed by atoms with Crippen LogP contribution >= 0.6 is 0 Å². The molecule has 1 fully saturated rings. The van der Waals surface area contributed by atoms with E-state index in [1.807, 2.05) is 71.4 Å². The van der Waals surface area contributed by atoms with E-state index in [1.165, 1.54) is 0 Å². The van der Waals surface area contributed by atoms with Gasteiger partial charge in [-0.2, -0.15) is 0 Å². The summed E-state index contributed by atoms with van der Waals surface area (Å²) in [5, 5.41) is 3.02. The number of fused-ring (bicyclic) bond motifs is 1. The fourth-order valence-corrected chi connectivity index (χ4v) is 3.24. The topological polar surface area (TPSA) is 59.3 Å². The van der Waals surface area contributed by atoms with Gasteiger partial charge in [0.2, 0.25) is 0 Å². The van der Waals surface area contributed by atoms with Gasteiger partial charge >= 0.3 is 0 Å². The summed E-state index contributed by atoms with van der Waals surface area (Å²) in [4.78, 5) is 21.1. The summed E-state index contributed by atoms with van der Waals surface area (Å²) in [7, 11) is 0. The number of imidazole rings is 1. The zero-order chi connectivity index (χ0) is 19.6. The first-order chi connectivity index (χ1) is 14.3. The minimum atomic E-state index is -0.00488. The van der Waals surface area contributed by atoms with Gasteiger partial charge in [0.15, 0.2) is 5.65 Å². The van der Waals surface area contributed by atoms with Crippen molar-refractivity contribution in [1.29, 1.82) is 0 Å². The minimum Gasteiger partial charge on any atom is -0.349 e. The summed E-state index contributed by atoms with van der Waals surface area (Å²) in [5.74, 6) is -0.00488. The van der Waals surface area contributed by atoms with E-state index in [0.717, 1.165) is 41.0 Å². The van der Waals surface area contributed by atoms with E-state index >= 15 is 0 Å². The van der Waals surface area contributed by atoms with Crippen LogP contribution in [0.25, 0.3) is 29.1 Å². The number of hydrogen-bond acceptors (Lipinski definition) is 3. The number of aromatic nitrogens is 3. The van der Waals surface area contributed by atoms with Gasteiger partial charge in [0.05, 0.1) is 23.8 Å². The zero-order valence-corrected chi connectivity index (χ0v) is 15.8. The SMILES string of the molecule is O=C(NC1CC1)c1ccc(-c2cnc3cnc(/C=C/c4ccccc4)cn23)cc1. The van der Waals surface area contributed by atoms with Crippen molar-refractivity contribution in [2.75, 3.05) is 0 Å². The van der Waals surface area contributed by atoms with E-state index < -0.39 is 0 Å². The molecular weight excluding hydrogens is 360 g/mol. The van der Waals surface area contributed by atoms with Crippen molar-refractivity contribution >= 4 is 23.7 Å².